The summed E-state index contributed by atoms with van der Waals surface area (Å²) >= 11 is 0. The third-order valence-corrected chi connectivity index (χ3v) is 4.60. The minimum Gasteiger partial charge on any atom is -0.468 e. The van der Waals surface area contributed by atoms with Crippen molar-refractivity contribution < 1.29 is 9.21 Å². The van der Waals surface area contributed by atoms with Crippen LogP contribution in [-0.4, -0.2) is 68.5 Å². The van der Waals surface area contributed by atoms with Gasteiger partial charge < -0.3 is 20.0 Å². The third-order valence-electron chi connectivity index (χ3n) is 4.60. The van der Waals surface area contributed by atoms with Crippen LogP contribution >= 0.6 is 0 Å². The molecular formula is C19H33N5O2. The van der Waals surface area contributed by atoms with E-state index in [4.69, 9.17) is 9.41 Å². The van der Waals surface area contributed by atoms with Crippen molar-refractivity contribution in [1.29, 1.82) is 0 Å². The highest BCUT2D eigenvalue weighted by molar-refractivity contribution is 5.81. The van der Waals surface area contributed by atoms with Crippen molar-refractivity contribution in [3.63, 3.8) is 0 Å². The number of carbonyl (C=O) groups excluding carboxylic acids is 1. The first-order chi connectivity index (χ1) is 12.6. The molecular weight excluding hydrogens is 330 g/mol. The first kappa shape index (κ1) is 20.3. The van der Waals surface area contributed by atoms with Gasteiger partial charge in [0.1, 0.15) is 5.76 Å². The molecule has 0 bridgehead atoms. The second-order valence-corrected chi connectivity index (χ2v) is 6.81. The molecule has 1 aliphatic rings. The van der Waals surface area contributed by atoms with Crippen molar-refractivity contribution in [3.05, 3.63) is 24.2 Å². The zero-order valence-electron chi connectivity index (χ0n) is 16.3. The van der Waals surface area contributed by atoms with E-state index in [0.717, 1.165) is 31.4 Å². The van der Waals surface area contributed by atoms with Gasteiger partial charge in [-0.1, -0.05) is 6.42 Å². The van der Waals surface area contributed by atoms with Crippen LogP contribution in [0.5, 0.6) is 0 Å². The number of aliphatic imine (C=N–C) groups is 1. The van der Waals surface area contributed by atoms with Gasteiger partial charge in [0.2, 0.25) is 5.91 Å². The fourth-order valence-electron chi connectivity index (χ4n) is 3.13. The van der Waals surface area contributed by atoms with Gasteiger partial charge in [0.15, 0.2) is 5.96 Å². The Kier molecular flexibility index (Phi) is 8.47. The molecule has 7 nitrogen and oxygen atoms in total. The standard InChI is InChI=1S/C19H33N5O2/c1-4-20-19(21-11-10-18(25)23(2)3)22-15-16(17-9-8-14-26-17)24-12-6-5-7-13-24/h8-9,14,16H,4-7,10-13,15H2,1-3H3,(H2,20,21,22). The molecule has 1 atom stereocenters. The minimum absolute atomic E-state index is 0.107. The number of carbonyl (C=O) groups is 1. The number of piperidine rings is 1. The molecule has 1 unspecified atom stereocenters. The average molecular weight is 364 g/mol. The number of rotatable bonds is 8. The van der Waals surface area contributed by atoms with Crippen LogP contribution in [0.3, 0.4) is 0 Å². The summed E-state index contributed by atoms with van der Waals surface area (Å²) in [5, 5.41) is 6.51. The Morgan fingerprint density at radius 1 is 1.31 bits per heavy atom. The van der Waals surface area contributed by atoms with Crippen molar-refractivity contribution in [2.75, 3.05) is 46.8 Å². The molecule has 146 valence electrons. The summed E-state index contributed by atoms with van der Waals surface area (Å²) in [5.41, 5.74) is 0. The van der Waals surface area contributed by atoms with Crippen molar-refractivity contribution in [3.8, 4) is 0 Å². The molecule has 1 fully saturated rings. The monoisotopic (exact) mass is 363 g/mol. The smallest absolute Gasteiger partial charge is 0.223 e. The van der Waals surface area contributed by atoms with Gasteiger partial charge in [0, 0.05) is 33.6 Å². The maximum atomic E-state index is 11.7. The Bertz CT molecular complexity index is 550. The van der Waals surface area contributed by atoms with E-state index in [1.165, 1.54) is 19.3 Å². The number of amides is 1. The summed E-state index contributed by atoms with van der Waals surface area (Å²) in [6.45, 7) is 6.19. The molecule has 1 saturated heterocycles. The highest BCUT2D eigenvalue weighted by Gasteiger charge is 2.24. The van der Waals surface area contributed by atoms with E-state index in [1.54, 1.807) is 25.3 Å². The fourth-order valence-corrected chi connectivity index (χ4v) is 3.13. The molecule has 0 spiro atoms. The summed E-state index contributed by atoms with van der Waals surface area (Å²) < 4.78 is 5.68. The van der Waals surface area contributed by atoms with Crippen LogP contribution in [0.25, 0.3) is 0 Å². The van der Waals surface area contributed by atoms with Crippen LogP contribution in [-0.2, 0) is 4.79 Å². The molecule has 2 heterocycles. The van der Waals surface area contributed by atoms with Gasteiger partial charge >= 0.3 is 0 Å². The Morgan fingerprint density at radius 2 is 2.08 bits per heavy atom. The minimum atomic E-state index is 0.107. The molecule has 7 heteroatoms. The maximum absolute atomic E-state index is 11.7. The van der Waals surface area contributed by atoms with Crippen molar-refractivity contribution >= 4 is 11.9 Å². The van der Waals surface area contributed by atoms with E-state index in [0.29, 0.717) is 19.5 Å². The van der Waals surface area contributed by atoms with Crippen molar-refractivity contribution in [1.82, 2.24) is 20.4 Å². The predicted octanol–water partition coefficient (Wildman–Crippen LogP) is 1.84. The summed E-state index contributed by atoms with van der Waals surface area (Å²) in [6, 6.07) is 4.13. The number of hydrogen-bond acceptors (Lipinski definition) is 4. The van der Waals surface area contributed by atoms with Gasteiger partial charge in [0.25, 0.3) is 0 Å². The zero-order chi connectivity index (χ0) is 18.8. The molecule has 1 aliphatic heterocycles. The summed E-state index contributed by atoms with van der Waals surface area (Å²) in [7, 11) is 3.54. The molecule has 1 amide bonds. The highest BCUT2D eigenvalue weighted by Crippen LogP contribution is 2.25. The average Bonchev–Trinajstić information content (AvgIpc) is 3.17. The van der Waals surface area contributed by atoms with E-state index < -0.39 is 0 Å². The molecule has 0 saturated carbocycles. The molecule has 26 heavy (non-hydrogen) atoms. The van der Waals surface area contributed by atoms with Gasteiger partial charge in [-0.2, -0.15) is 0 Å². The topological polar surface area (TPSA) is 73.1 Å². The van der Waals surface area contributed by atoms with Gasteiger partial charge in [-0.15, -0.1) is 0 Å². The second kappa shape index (κ2) is 10.9. The van der Waals surface area contributed by atoms with Crippen molar-refractivity contribution in [2.24, 2.45) is 4.99 Å². The Morgan fingerprint density at radius 3 is 2.69 bits per heavy atom. The predicted molar refractivity (Wildman–Crippen MR) is 104 cm³/mol. The van der Waals surface area contributed by atoms with E-state index in [1.807, 2.05) is 19.1 Å². The summed E-state index contributed by atoms with van der Waals surface area (Å²) in [6.07, 6.45) is 5.93. The first-order valence-corrected chi connectivity index (χ1v) is 9.61. The number of likely N-dealkylation sites (tertiary alicyclic amines) is 1. The quantitative estimate of drug-likeness (QED) is 0.545. The Balaban J connectivity index is 1.97. The molecule has 0 aromatic carbocycles. The van der Waals surface area contributed by atoms with Gasteiger partial charge in [-0.25, -0.2) is 0 Å². The largest absolute Gasteiger partial charge is 0.468 e. The molecule has 0 radical (unpaired) electrons. The number of furan rings is 1. The van der Waals surface area contributed by atoms with E-state index in [-0.39, 0.29) is 11.9 Å². The lowest BCUT2D eigenvalue weighted by Gasteiger charge is -2.32. The normalized spacial score (nSPS) is 17.0. The van der Waals surface area contributed by atoms with Crippen LogP contribution in [0.2, 0.25) is 0 Å². The molecule has 2 rings (SSSR count). The highest BCUT2D eigenvalue weighted by atomic mass is 16.3. The first-order valence-electron chi connectivity index (χ1n) is 9.61. The van der Waals surface area contributed by atoms with Crippen LogP contribution in [0, 0.1) is 0 Å². The lowest BCUT2D eigenvalue weighted by molar-refractivity contribution is -0.128. The van der Waals surface area contributed by atoms with Crippen LogP contribution in [0.1, 0.15) is 44.4 Å². The molecule has 0 aliphatic carbocycles. The number of hydrogen-bond donors (Lipinski definition) is 2. The SMILES string of the molecule is CCNC(=NCC(c1ccco1)N1CCCCC1)NCCC(=O)N(C)C. The summed E-state index contributed by atoms with van der Waals surface area (Å²) in [5.74, 6) is 1.82. The van der Waals surface area contributed by atoms with Gasteiger partial charge in [-0.05, 0) is 45.0 Å². The van der Waals surface area contributed by atoms with E-state index in [2.05, 4.69) is 15.5 Å². The molecule has 1 aromatic heterocycles. The van der Waals surface area contributed by atoms with Gasteiger partial charge in [0.05, 0.1) is 18.8 Å². The number of guanidine groups is 1. The number of nitrogens with one attached hydrogen (secondary N) is 2. The fraction of sp³-hybridized carbons (Fsp3) is 0.684. The number of nitrogens with zero attached hydrogens (tertiary/aromatic N) is 3. The lowest BCUT2D eigenvalue weighted by atomic mass is 10.1. The Labute approximate surface area is 156 Å². The van der Waals surface area contributed by atoms with E-state index in [9.17, 15) is 4.79 Å². The molecule has 1 aromatic rings. The third kappa shape index (κ3) is 6.37. The van der Waals surface area contributed by atoms with Crippen LogP contribution in [0.4, 0.5) is 0 Å². The summed E-state index contributed by atoms with van der Waals surface area (Å²) in [4.78, 5) is 20.5. The lowest BCUT2D eigenvalue weighted by Crippen LogP contribution is -2.40. The second-order valence-electron chi connectivity index (χ2n) is 6.81. The van der Waals surface area contributed by atoms with Crippen molar-refractivity contribution in [2.45, 2.75) is 38.6 Å². The Hall–Kier alpha value is -2.02. The maximum Gasteiger partial charge on any atom is 0.223 e. The van der Waals surface area contributed by atoms with Crippen LogP contribution in [0.15, 0.2) is 27.8 Å². The van der Waals surface area contributed by atoms with E-state index >= 15 is 0 Å². The van der Waals surface area contributed by atoms with Gasteiger partial charge in [-0.3, -0.25) is 14.7 Å². The zero-order valence-corrected chi connectivity index (χ0v) is 16.3. The molecule has 2 N–H and O–H groups in total. The van der Waals surface area contributed by atoms with Crippen LogP contribution < -0.4 is 10.6 Å².